The van der Waals surface area contributed by atoms with Gasteiger partial charge in [-0.05, 0) is 76.5 Å². The number of hydrogen-bond donors (Lipinski definition) is 1. The number of halogens is 1. The van der Waals surface area contributed by atoms with Gasteiger partial charge in [-0.2, -0.15) is 0 Å². The molecule has 0 unspecified atom stereocenters. The molecule has 0 saturated heterocycles. The zero-order chi connectivity index (χ0) is 25.3. The van der Waals surface area contributed by atoms with Crippen LogP contribution in [0.15, 0.2) is 82.7 Å². The summed E-state index contributed by atoms with van der Waals surface area (Å²) in [5.74, 6) is 1.71. The van der Waals surface area contributed by atoms with Gasteiger partial charge in [-0.3, -0.25) is 10.1 Å². The third-order valence-electron chi connectivity index (χ3n) is 5.10. The van der Waals surface area contributed by atoms with Crippen LogP contribution < -0.4 is 19.5 Å². The number of carbonyl (C=O) groups is 1. The van der Waals surface area contributed by atoms with Crippen molar-refractivity contribution in [3.63, 3.8) is 0 Å². The van der Waals surface area contributed by atoms with Gasteiger partial charge in [0.2, 0.25) is 5.91 Å². The maximum atomic E-state index is 12.5. The Bertz CT molecular complexity index is 1340. The maximum absolute atomic E-state index is 12.5. The van der Waals surface area contributed by atoms with Crippen molar-refractivity contribution in [2.75, 3.05) is 19.0 Å². The molecular weight excluding hydrogens is 540 g/mol. The van der Waals surface area contributed by atoms with Crippen molar-refractivity contribution in [3.05, 3.63) is 93.8 Å². The predicted molar refractivity (Wildman–Crippen MR) is 148 cm³/mol. The van der Waals surface area contributed by atoms with Crippen LogP contribution in [0.1, 0.15) is 18.1 Å². The molecule has 4 aromatic rings. The van der Waals surface area contributed by atoms with Crippen LogP contribution in [-0.4, -0.2) is 24.6 Å². The second kappa shape index (κ2) is 12.4. The van der Waals surface area contributed by atoms with Gasteiger partial charge in [-0.25, -0.2) is 4.98 Å². The fraction of sp³-hybridized carbons (Fsp3) is 0.143. The first kappa shape index (κ1) is 25.5. The average molecular weight is 565 g/mol. The van der Waals surface area contributed by atoms with Gasteiger partial charge >= 0.3 is 0 Å². The van der Waals surface area contributed by atoms with Crippen molar-refractivity contribution in [2.24, 2.45) is 0 Å². The molecule has 6 nitrogen and oxygen atoms in total. The van der Waals surface area contributed by atoms with E-state index in [-0.39, 0.29) is 5.91 Å². The van der Waals surface area contributed by atoms with E-state index in [1.807, 2.05) is 79.0 Å². The number of anilines is 1. The maximum Gasteiger partial charge on any atom is 0.250 e. The Kier molecular flexibility index (Phi) is 8.76. The van der Waals surface area contributed by atoms with Crippen molar-refractivity contribution in [1.29, 1.82) is 0 Å². The van der Waals surface area contributed by atoms with Gasteiger partial charge in [0.05, 0.1) is 23.9 Å². The van der Waals surface area contributed by atoms with E-state index in [2.05, 4.69) is 26.2 Å². The van der Waals surface area contributed by atoms with Crippen LogP contribution in [0.25, 0.3) is 17.3 Å². The molecule has 184 valence electrons. The van der Waals surface area contributed by atoms with Crippen LogP contribution in [0.5, 0.6) is 17.2 Å². The highest BCUT2D eigenvalue weighted by atomic mass is 79.9. The topological polar surface area (TPSA) is 69.7 Å². The summed E-state index contributed by atoms with van der Waals surface area (Å²) in [6.45, 7) is 2.99. The third-order valence-corrected chi connectivity index (χ3v) is 6.45. The minimum Gasteiger partial charge on any atom is -0.494 e. The summed E-state index contributed by atoms with van der Waals surface area (Å²) in [6.07, 6.45) is 3.17. The highest BCUT2D eigenvalue weighted by Crippen LogP contribution is 2.37. The molecule has 3 aromatic carbocycles. The molecule has 36 heavy (non-hydrogen) atoms. The van der Waals surface area contributed by atoms with Crippen LogP contribution >= 0.6 is 27.3 Å². The number of rotatable bonds is 10. The summed E-state index contributed by atoms with van der Waals surface area (Å²) in [4.78, 5) is 17.0. The van der Waals surface area contributed by atoms with Crippen LogP contribution in [0, 0.1) is 0 Å². The molecule has 0 radical (unpaired) electrons. The first-order valence-corrected chi connectivity index (χ1v) is 12.9. The van der Waals surface area contributed by atoms with E-state index in [1.54, 1.807) is 13.2 Å². The Labute approximate surface area is 222 Å². The van der Waals surface area contributed by atoms with Gasteiger partial charge < -0.3 is 14.2 Å². The molecule has 1 amide bonds. The van der Waals surface area contributed by atoms with E-state index >= 15 is 0 Å². The van der Waals surface area contributed by atoms with Gasteiger partial charge in [-0.1, -0.05) is 30.3 Å². The molecule has 0 aliphatic rings. The lowest BCUT2D eigenvalue weighted by Crippen LogP contribution is -2.07. The zero-order valence-corrected chi connectivity index (χ0v) is 22.3. The Morgan fingerprint density at radius 1 is 1.08 bits per heavy atom. The van der Waals surface area contributed by atoms with Gasteiger partial charge in [0.15, 0.2) is 16.6 Å². The Balaban J connectivity index is 1.39. The highest BCUT2D eigenvalue weighted by molar-refractivity contribution is 9.10. The summed E-state index contributed by atoms with van der Waals surface area (Å²) < 4.78 is 17.7. The lowest BCUT2D eigenvalue weighted by molar-refractivity contribution is -0.111. The molecule has 0 spiro atoms. The van der Waals surface area contributed by atoms with Crippen molar-refractivity contribution in [1.82, 2.24) is 4.98 Å². The molecule has 1 heterocycles. The molecule has 0 bridgehead atoms. The van der Waals surface area contributed by atoms with Crippen LogP contribution in [0.3, 0.4) is 0 Å². The van der Waals surface area contributed by atoms with Crippen LogP contribution in [0.4, 0.5) is 5.13 Å². The molecule has 0 fully saturated rings. The first-order valence-electron chi connectivity index (χ1n) is 11.3. The highest BCUT2D eigenvalue weighted by Gasteiger charge is 2.12. The molecule has 1 N–H and O–H groups in total. The van der Waals surface area contributed by atoms with Gasteiger partial charge in [-0.15, -0.1) is 11.3 Å². The summed E-state index contributed by atoms with van der Waals surface area (Å²) in [6, 6.07) is 21.3. The number of ether oxygens (including phenoxy) is 3. The number of benzene rings is 3. The van der Waals surface area contributed by atoms with E-state index < -0.39 is 0 Å². The molecule has 0 aliphatic heterocycles. The van der Waals surface area contributed by atoms with E-state index in [1.165, 1.54) is 17.4 Å². The Morgan fingerprint density at radius 3 is 2.58 bits per heavy atom. The molecule has 0 aliphatic carbocycles. The average Bonchev–Trinajstić information content (AvgIpc) is 3.36. The molecule has 0 saturated carbocycles. The second-order valence-electron chi connectivity index (χ2n) is 7.63. The van der Waals surface area contributed by atoms with E-state index in [9.17, 15) is 4.79 Å². The lowest BCUT2D eigenvalue weighted by atomic mass is 10.2. The number of thiazole rings is 1. The summed E-state index contributed by atoms with van der Waals surface area (Å²) >= 11 is 4.93. The van der Waals surface area contributed by atoms with E-state index in [0.29, 0.717) is 29.8 Å². The lowest BCUT2D eigenvalue weighted by Gasteiger charge is -2.13. The summed E-state index contributed by atoms with van der Waals surface area (Å²) in [7, 11) is 1.59. The number of nitrogens with one attached hydrogen (secondary N) is 1. The fourth-order valence-corrected chi connectivity index (χ4v) is 4.67. The van der Waals surface area contributed by atoms with Gasteiger partial charge in [0.1, 0.15) is 12.4 Å². The standard InChI is InChI=1S/C28H25BrN2O4S/c1-3-34-22-12-10-21(11-13-22)24-18-36-28(30-24)31-26(32)14-9-20-15-23(29)27(25(16-20)33-2)35-17-19-7-5-4-6-8-19/h4-16,18H,3,17H2,1-2H3,(H,30,31,32). The van der Waals surface area contributed by atoms with Gasteiger partial charge in [0.25, 0.3) is 0 Å². The van der Waals surface area contributed by atoms with Gasteiger partial charge in [0, 0.05) is 17.0 Å². The van der Waals surface area contributed by atoms with E-state index in [0.717, 1.165) is 32.6 Å². The molecular formula is C28H25BrN2O4S. The van der Waals surface area contributed by atoms with Crippen molar-refractivity contribution in [3.8, 4) is 28.5 Å². The van der Waals surface area contributed by atoms with E-state index in [4.69, 9.17) is 14.2 Å². The molecule has 1 aromatic heterocycles. The van der Waals surface area contributed by atoms with Crippen molar-refractivity contribution < 1.29 is 19.0 Å². The monoisotopic (exact) mass is 564 g/mol. The molecule has 8 heteroatoms. The third kappa shape index (κ3) is 6.74. The molecule has 4 rings (SSSR count). The Hall–Kier alpha value is -3.62. The first-order chi connectivity index (χ1) is 17.6. The Morgan fingerprint density at radius 2 is 1.86 bits per heavy atom. The quantitative estimate of drug-likeness (QED) is 0.206. The minimum atomic E-state index is -0.276. The predicted octanol–water partition coefficient (Wildman–Crippen LogP) is 7.21. The summed E-state index contributed by atoms with van der Waals surface area (Å²) in [5.41, 5.74) is 3.59. The number of hydrogen-bond acceptors (Lipinski definition) is 6. The van der Waals surface area contributed by atoms with Crippen molar-refractivity contribution >= 4 is 44.4 Å². The normalized spacial score (nSPS) is 10.9. The number of carbonyl (C=O) groups excluding carboxylic acids is 1. The fourth-order valence-electron chi connectivity index (χ4n) is 3.38. The van der Waals surface area contributed by atoms with Crippen molar-refractivity contribution in [2.45, 2.75) is 13.5 Å². The molecule has 0 atom stereocenters. The number of amides is 1. The SMILES string of the molecule is CCOc1ccc(-c2csc(NC(=O)C=Cc3cc(Br)c(OCc4ccccc4)c(OC)c3)n2)cc1. The van der Waals surface area contributed by atoms with Crippen LogP contribution in [0.2, 0.25) is 0 Å². The number of nitrogens with zero attached hydrogens (tertiary/aromatic N) is 1. The number of aromatic nitrogens is 1. The minimum absolute atomic E-state index is 0.276. The number of methoxy groups -OCH3 is 1. The summed E-state index contributed by atoms with van der Waals surface area (Å²) in [5, 5.41) is 5.25. The van der Waals surface area contributed by atoms with Crippen LogP contribution in [-0.2, 0) is 11.4 Å². The zero-order valence-electron chi connectivity index (χ0n) is 19.9. The largest absolute Gasteiger partial charge is 0.494 e. The smallest absolute Gasteiger partial charge is 0.250 e. The second-order valence-corrected chi connectivity index (χ2v) is 9.34.